The largest absolute Gasteiger partial charge is 0.495 e. The van der Waals surface area contributed by atoms with Gasteiger partial charge in [-0.3, -0.25) is 14.4 Å². The maximum absolute atomic E-state index is 14.4. The van der Waals surface area contributed by atoms with E-state index in [4.69, 9.17) is 19.2 Å². The highest BCUT2D eigenvalue weighted by atomic mass is 16.6. The van der Waals surface area contributed by atoms with Gasteiger partial charge in [-0.2, -0.15) is 10.4 Å². The molecule has 260 valence electrons. The fraction of sp³-hybridized carbons (Fsp3) is 0.553. The lowest BCUT2D eigenvalue weighted by atomic mass is 9.78. The molecule has 0 bridgehead atoms. The molecule has 49 heavy (non-hydrogen) atoms. The van der Waals surface area contributed by atoms with Crippen molar-refractivity contribution in [1.82, 2.24) is 19.7 Å². The van der Waals surface area contributed by atoms with Crippen LogP contribution in [-0.4, -0.2) is 77.7 Å². The Balaban J connectivity index is 1.14. The van der Waals surface area contributed by atoms with Crippen LogP contribution in [0.5, 0.6) is 5.75 Å². The molecule has 0 atom stereocenters. The fourth-order valence-corrected chi connectivity index (χ4v) is 7.42. The van der Waals surface area contributed by atoms with E-state index in [1.165, 1.54) is 5.56 Å². The first-order chi connectivity index (χ1) is 23.8. The monoisotopic (exact) mass is 668 g/mol. The van der Waals surface area contributed by atoms with Gasteiger partial charge in [-0.15, -0.1) is 0 Å². The number of anilines is 1. The summed E-state index contributed by atoms with van der Waals surface area (Å²) in [6, 6.07) is 12.4. The number of hydrogen-bond acceptors (Lipinski definition) is 8. The van der Waals surface area contributed by atoms with E-state index in [1.807, 2.05) is 46.2 Å². The minimum Gasteiger partial charge on any atom is -0.495 e. The molecule has 11 heteroatoms. The van der Waals surface area contributed by atoms with Crippen molar-refractivity contribution in [2.45, 2.75) is 89.4 Å². The molecular formula is C38H48N6O5. The molecule has 1 aromatic carbocycles. The number of amides is 2. The number of pyridine rings is 1. The highest BCUT2D eigenvalue weighted by molar-refractivity contribution is 5.94. The van der Waals surface area contributed by atoms with Gasteiger partial charge >= 0.3 is 6.09 Å². The molecule has 2 aromatic heterocycles. The van der Waals surface area contributed by atoms with Gasteiger partial charge in [-0.1, -0.05) is 6.07 Å². The first kappa shape index (κ1) is 34.4. The number of methoxy groups -OCH3 is 2. The Kier molecular flexibility index (Phi) is 10.8. The molecule has 0 N–H and O–H groups in total. The second-order valence-electron chi connectivity index (χ2n) is 14.1. The van der Waals surface area contributed by atoms with E-state index in [1.54, 1.807) is 25.3 Å². The van der Waals surface area contributed by atoms with Crippen LogP contribution in [0.3, 0.4) is 0 Å². The molecule has 0 radical (unpaired) electrons. The Morgan fingerprint density at radius 1 is 0.980 bits per heavy atom. The summed E-state index contributed by atoms with van der Waals surface area (Å²) in [5.41, 5.74) is 3.70. The van der Waals surface area contributed by atoms with E-state index in [2.05, 4.69) is 31.1 Å². The minimum atomic E-state index is -0.291. The second-order valence-corrected chi connectivity index (χ2v) is 14.1. The van der Waals surface area contributed by atoms with Crippen molar-refractivity contribution in [2.75, 3.05) is 38.8 Å². The number of benzene rings is 1. The van der Waals surface area contributed by atoms with Gasteiger partial charge in [-0.25, -0.2) is 9.78 Å². The van der Waals surface area contributed by atoms with Crippen molar-refractivity contribution in [3.63, 3.8) is 0 Å². The zero-order valence-corrected chi connectivity index (χ0v) is 29.1. The number of ether oxygens (including phenoxy) is 3. The molecule has 1 aliphatic heterocycles. The number of carbonyl (C=O) groups excluding carboxylic acids is 2. The second kappa shape index (κ2) is 15.4. The smallest absolute Gasteiger partial charge is 0.410 e. The third kappa shape index (κ3) is 7.91. The van der Waals surface area contributed by atoms with E-state index in [9.17, 15) is 14.9 Å². The van der Waals surface area contributed by atoms with Gasteiger partial charge in [0, 0.05) is 43.6 Å². The van der Waals surface area contributed by atoms with E-state index < -0.39 is 0 Å². The number of nitriles is 1. The number of likely N-dealkylation sites (tertiary alicyclic amines) is 1. The van der Waals surface area contributed by atoms with Crippen molar-refractivity contribution in [2.24, 2.45) is 11.8 Å². The van der Waals surface area contributed by atoms with E-state index in [-0.39, 0.29) is 36.2 Å². The highest BCUT2D eigenvalue weighted by Gasteiger charge is 2.37. The minimum absolute atomic E-state index is 0.0827. The summed E-state index contributed by atoms with van der Waals surface area (Å²) in [5, 5.41) is 14.1. The number of rotatable bonds is 10. The molecule has 6 rings (SSSR count). The summed E-state index contributed by atoms with van der Waals surface area (Å²) < 4.78 is 18.4. The Morgan fingerprint density at radius 3 is 2.39 bits per heavy atom. The number of nitrogens with zero attached hydrogens (tertiary/aromatic N) is 6. The molecule has 3 aliphatic rings. The lowest BCUT2D eigenvalue weighted by Crippen LogP contribution is -2.55. The zero-order chi connectivity index (χ0) is 34.5. The molecule has 2 aliphatic carbocycles. The maximum atomic E-state index is 14.4. The van der Waals surface area contributed by atoms with Gasteiger partial charge in [0.15, 0.2) is 0 Å². The van der Waals surface area contributed by atoms with Gasteiger partial charge < -0.3 is 19.1 Å². The van der Waals surface area contributed by atoms with E-state index >= 15 is 0 Å². The third-order valence-electron chi connectivity index (χ3n) is 10.6. The van der Waals surface area contributed by atoms with Gasteiger partial charge in [0.25, 0.3) is 0 Å². The van der Waals surface area contributed by atoms with Crippen LogP contribution >= 0.6 is 0 Å². The Hall–Kier alpha value is -4.43. The molecule has 0 unspecified atom stereocenters. The molecule has 3 fully saturated rings. The molecule has 2 amide bonds. The summed E-state index contributed by atoms with van der Waals surface area (Å²) in [5.74, 6) is 1.89. The maximum Gasteiger partial charge on any atom is 0.410 e. The van der Waals surface area contributed by atoms with Gasteiger partial charge in [0.05, 0.1) is 38.1 Å². The van der Waals surface area contributed by atoms with Crippen LogP contribution in [0.2, 0.25) is 0 Å². The first-order valence-electron chi connectivity index (χ1n) is 17.6. The SMILES string of the molecule is COc1ccc([C@H]2CC[C@H](CN(c3cc(-c4cnn(C(C)C)c4)ccn3)C(=O)[C@H]3CC[C@H](OC(=O)N4CC(OC)C4)CC3)CC2)cc1C#N. The van der Waals surface area contributed by atoms with Crippen LogP contribution in [0.1, 0.15) is 88.3 Å². The lowest BCUT2D eigenvalue weighted by Gasteiger charge is -2.39. The zero-order valence-electron chi connectivity index (χ0n) is 29.1. The standard InChI is InChI=1S/C38H48N6O5/c1-25(2)44-22-32(20-41-44)30-15-16-40-36(18-30)43(21-26-5-7-27(8-6-26)29-11-14-35(48-4)31(17-29)19-39)37(45)28-9-12-33(13-10-28)49-38(46)42-23-34(24-42)47-3/h11,14-18,20,22,25-28,33-34H,5-10,12-13,21,23-24H2,1-4H3/t26-,27-,28-,33-. The molecule has 3 heterocycles. The van der Waals surface area contributed by atoms with Crippen molar-refractivity contribution in [3.8, 4) is 22.9 Å². The molecule has 1 saturated heterocycles. The summed E-state index contributed by atoms with van der Waals surface area (Å²) in [4.78, 5) is 35.3. The van der Waals surface area contributed by atoms with Crippen LogP contribution < -0.4 is 9.64 Å². The average molecular weight is 669 g/mol. The van der Waals surface area contributed by atoms with Crippen LogP contribution in [-0.2, 0) is 14.3 Å². The summed E-state index contributed by atoms with van der Waals surface area (Å²) in [6.07, 6.45) is 11.9. The van der Waals surface area contributed by atoms with Crippen LogP contribution in [0.15, 0.2) is 48.9 Å². The van der Waals surface area contributed by atoms with E-state index in [0.717, 1.165) is 36.8 Å². The number of carbonyl (C=O) groups is 2. The third-order valence-corrected chi connectivity index (χ3v) is 10.6. The number of aromatic nitrogens is 3. The number of hydrogen-bond donors (Lipinski definition) is 0. The predicted octanol–water partition coefficient (Wildman–Crippen LogP) is 6.74. The van der Waals surface area contributed by atoms with Crippen LogP contribution in [0.25, 0.3) is 11.1 Å². The summed E-state index contributed by atoms with van der Waals surface area (Å²) >= 11 is 0. The van der Waals surface area contributed by atoms with Crippen LogP contribution in [0.4, 0.5) is 10.6 Å². The molecule has 3 aromatic rings. The van der Waals surface area contributed by atoms with Crippen molar-refractivity contribution in [3.05, 3.63) is 60.0 Å². The van der Waals surface area contributed by atoms with Crippen molar-refractivity contribution >= 4 is 17.8 Å². The normalized spacial score (nSPS) is 22.7. The summed E-state index contributed by atoms with van der Waals surface area (Å²) in [7, 11) is 3.24. The molecule has 11 nitrogen and oxygen atoms in total. The Bertz CT molecular complexity index is 1640. The quantitative estimate of drug-likeness (QED) is 0.233. The topological polar surface area (TPSA) is 123 Å². The molecule has 2 saturated carbocycles. The van der Waals surface area contributed by atoms with E-state index in [0.29, 0.717) is 74.3 Å². The Labute approximate surface area is 289 Å². The van der Waals surface area contributed by atoms with Gasteiger partial charge in [0.1, 0.15) is 23.7 Å². The molecular weight excluding hydrogens is 620 g/mol. The van der Waals surface area contributed by atoms with Crippen molar-refractivity contribution in [1.29, 1.82) is 5.26 Å². The lowest BCUT2D eigenvalue weighted by molar-refractivity contribution is -0.124. The highest BCUT2D eigenvalue weighted by Crippen LogP contribution is 2.39. The molecule has 0 spiro atoms. The predicted molar refractivity (Wildman–Crippen MR) is 185 cm³/mol. The van der Waals surface area contributed by atoms with Crippen LogP contribution in [0, 0.1) is 23.2 Å². The average Bonchev–Trinajstić information content (AvgIpc) is 3.61. The fourth-order valence-electron chi connectivity index (χ4n) is 7.42. The van der Waals surface area contributed by atoms with Crippen molar-refractivity contribution < 1.29 is 23.8 Å². The van der Waals surface area contributed by atoms with Gasteiger partial charge in [-0.05, 0) is 112 Å². The Morgan fingerprint density at radius 2 is 1.73 bits per heavy atom. The van der Waals surface area contributed by atoms with Gasteiger partial charge in [0.2, 0.25) is 5.91 Å². The first-order valence-corrected chi connectivity index (χ1v) is 17.6. The summed E-state index contributed by atoms with van der Waals surface area (Å²) in [6.45, 7) is 5.91.